The molecule has 0 fully saturated rings. The van der Waals surface area contributed by atoms with Crippen molar-refractivity contribution in [1.29, 1.82) is 0 Å². The molecule has 2 amide bonds. The SMILES string of the molecule is O=C(Nc1ccc(Cl)c(Cl)c1)c1ccccc1NC(=O)[C@H]1CC=CC[C@H]1C(=O)O. The van der Waals surface area contributed by atoms with Gasteiger partial charge in [0.2, 0.25) is 5.91 Å². The fourth-order valence-corrected chi connectivity index (χ4v) is 3.46. The average Bonchev–Trinajstić information content (AvgIpc) is 2.71. The number of aliphatic carboxylic acids is 1. The normalized spacial score (nSPS) is 18.1. The molecule has 150 valence electrons. The van der Waals surface area contributed by atoms with Crippen molar-refractivity contribution < 1.29 is 19.5 Å². The second-order valence-corrected chi connectivity index (χ2v) is 7.43. The van der Waals surface area contributed by atoms with E-state index in [1.165, 1.54) is 6.07 Å². The summed E-state index contributed by atoms with van der Waals surface area (Å²) in [6, 6.07) is 11.2. The molecule has 0 saturated heterocycles. The predicted molar refractivity (Wildman–Crippen MR) is 112 cm³/mol. The van der Waals surface area contributed by atoms with Gasteiger partial charge >= 0.3 is 5.97 Å². The van der Waals surface area contributed by atoms with Crippen molar-refractivity contribution in [3.63, 3.8) is 0 Å². The summed E-state index contributed by atoms with van der Waals surface area (Å²) in [5, 5.41) is 15.5. The van der Waals surface area contributed by atoms with Crippen molar-refractivity contribution >= 4 is 52.4 Å². The summed E-state index contributed by atoms with van der Waals surface area (Å²) in [6.07, 6.45) is 4.20. The van der Waals surface area contributed by atoms with Crippen molar-refractivity contribution in [2.75, 3.05) is 10.6 Å². The van der Waals surface area contributed by atoms with Gasteiger partial charge in [0, 0.05) is 5.69 Å². The van der Waals surface area contributed by atoms with Crippen LogP contribution in [0.2, 0.25) is 10.0 Å². The lowest BCUT2D eigenvalue weighted by atomic mass is 9.82. The van der Waals surface area contributed by atoms with Crippen molar-refractivity contribution in [3.05, 3.63) is 70.2 Å². The number of hydrogen-bond acceptors (Lipinski definition) is 3. The zero-order chi connectivity index (χ0) is 21.0. The van der Waals surface area contributed by atoms with Crippen LogP contribution in [0.1, 0.15) is 23.2 Å². The summed E-state index contributed by atoms with van der Waals surface area (Å²) in [7, 11) is 0. The van der Waals surface area contributed by atoms with E-state index in [0.29, 0.717) is 34.3 Å². The Morgan fingerprint density at radius 1 is 0.897 bits per heavy atom. The van der Waals surface area contributed by atoms with Crippen LogP contribution in [-0.4, -0.2) is 22.9 Å². The second-order valence-electron chi connectivity index (χ2n) is 6.61. The molecule has 0 spiro atoms. The van der Waals surface area contributed by atoms with E-state index < -0.39 is 29.6 Å². The number of para-hydroxylation sites is 1. The summed E-state index contributed by atoms with van der Waals surface area (Å²) in [5.41, 5.74) is 0.993. The molecule has 2 aromatic rings. The first-order valence-electron chi connectivity index (χ1n) is 8.91. The van der Waals surface area contributed by atoms with E-state index in [0.717, 1.165) is 0 Å². The van der Waals surface area contributed by atoms with Gasteiger partial charge in [-0.05, 0) is 43.2 Å². The van der Waals surface area contributed by atoms with Gasteiger partial charge < -0.3 is 15.7 Å². The van der Waals surface area contributed by atoms with E-state index in [9.17, 15) is 19.5 Å². The van der Waals surface area contributed by atoms with E-state index in [2.05, 4.69) is 10.6 Å². The Bertz CT molecular complexity index is 990. The van der Waals surface area contributed by atoms with Crippen LogP contribution in [0.5, 0.6) is 0 Å². The first-order valence-corrected chi connectivity index (χ1v) is 9.66. The molecule has 0 aliphatic heterocycles. The van der Waals surface area contributed by atoms with Crippen LogP contribution < -0.4 is 10.6 Å². The fourth-order valence-electron chi connectivity index (χ4n) is 3.16. The van der Waals surface area contributed by atoms with Crippen molar-refractivity contribution in [2.45, 2.75) is 12.8 Å². The Morgan fingerprint density at radius 2 is 1.59 bits per heavy atom. The van der Waals surface area contributed by atoms with Crippen LogP contribution in [0.25, 0.3) is 0 Å². The maximum Gasteiger partial charge on any atom is 0.307 e. The van der Waals surface area contributed by atoms with E-state index in [-0.39, 0.29) is 5.56 Å². The summed E-state index contributed by atoms with van der Waals surface area (Å²) in [6.45, 7) is 0. The lowest BCUT2D eigenvalue weighted by Gasteiger charge is -2.24. The minimum Gasteiger partial charge on any atom is -0.481 e. The monoisotopic (exact) mass is 432 g/mol. The number of rotatable bonds is 5. The topological polar surface area (TPSA) is 95.5 Å². The standard InChI is InChI=1S/C21H18Cl2N2O4/c22-16-10-9-12(11-17(16)23)24-20(27)15-7-3-4-8-18(15)25-19(26)13-5-1-2-6-14(13)21(28)29/h1-4,7-11,13-14H,5-6H2,(H,24,27)(H,25,26)(H,28,29)/t13-,14+/m0/s1. The average molecular weight is 433 g/mol. The third kappa shape index (κ3) is 4.96. The van der Waals surface area contributed by atoms with Gasteiger partial charge in [0.05, 0.1) is 33.1 Å². The third-order valence-corrected chi connectivity index (χ3v) is 5.43. The number of amides is 2. The highest BCUT2D eigenvalue weighted by molar-refractivity contribution is 6.42. The molecule has 1 aliphatic carbocycles. The largest absolute Gasteiger partial charge is 0.481 e. The molecular formula is C21H18Cl2N2O4. The predicted octanol–water partition coefficient (Wildman–Crippen LogP) is 4.85. The van der Waals surface area contributed by atoms with Gasteiger partial charge in [0.1, 0.15) is 0 Å². The molecule has 0 bridgehead atoms. The highest BCUT2D eigenvalue weighted by Gasteiger charge is 2.34. The smallest absolute Gasteiger partial charge is 0.307 e. The van der Waals surface area contributed by atoms with Crippen LogP contribution in [0.15, 0.2) is 54.6 Å². The van der Waals surface area contributed by atoms with Gasteiger partial charge in [-0.2, -0.15) is 0 Å². The summed E-state index contributed by atoms with van der Waals surface area (Å²) in [4.78, 5) is 36.9. The molecule has 0 saturated carbocycles. The number of anilines is 2. The van der Waals surface area contributed by atoms with Crippen molar-refractivity contribution in [1.82, 2.24) is 0 Å². The van der Waals surface area contributed by atoms with Crippen LogP contribution in [-0.2, 0) is 9.59 Å². The number of hydrogen-bond donors (Lipinski definition) is 3. The molecule has 6 nitrogen and oxygen atoms in total. The molecule has 3 N–H and O–H groups in total. The first-order chi connectivity index (χ1) is 13.9. The molecule has 8 heteroatoms. The third-order valence-electron chi connectivity index (χ3n) is 4.69. The highest BCUT2D eigenvalue weighted by Crippen LogP contribution is 2.29. The van der Waals surface area contributed by atoms with Gasteiger partial charge in [-0.15, -0.1) is 0 Å². The van der Waals surface area contributed by atoms with Crippen LogP contribution in [0.4, 0.5) is 11.4 Å². The Morgan fingerprint density at radius 3 is 2.28 bits per heavy atom. The maximum atomic E-state index is 12.7. The van der Waals surface area contributed by atoms with Gasteiger partial charge in [0.15, 0.2) is 0 Å². The summed E-state index contributed by atoms with van der Waals surface area (Å²) in [5.74, 6) is -3.39. The van der Waals surface area contributed by atoms with Gasteiger partial charge in [0.25, 0.3) is 5.91 Å². The van der Waals surface area contributed by atoms with Crippen molar-refractivity contribution in [3.8, 4) is 0 Å². The summed E-state index contributed by atoms with van der Waals surface area (Å²) < 4.78 is 0. The zero-order valence-corrected chi connectivity index (χ0v) is 16.7. The van der Waals surface area contributed by atoms with E-state index in [4.69, 9.17) is 23.2 Å². The fraction of sp³-hybridized carbons (Fsp3) is 0.190. The van der Waals surface area contributed by atoms with Gasteiger partial charge in [-0.3, -0.25) is 14.4 Å². The molecule has 2 atom stereocenters. The van der Waals surface area contributed by atoms with Gasteiger partial charge in [-0.1, -0.05) is 47.5 Å². The molecule has 0 heterocycles. The lowest BCUT2D eigenvalue weighted by Crippen LogP contribution is -2.35. The number of benzene rings is 2. The quantitative estimate of drug-likeness (QED) is 0.588. The molecule has 0 unspecified atom stereocenters. The highest BCUT2D eigenvalue weighted by atomic mass is 35.5. The summed E-state index contributed by atoms with van der Waals surface area (Å²) >= 11 is 11.9. The second kappa shape index (κ2) is 9.11. The Hall–Kier alpha value is -2.83. The number of halogens is 2. The molecule has 29 heavy (non-hydrogen) atoms. The molecule has 2 aromatic carbocycles. The number of carboxylic acids is 1. The minimum atomic E-state index is -1.01. The molecule has 0 aromatic heterocycles. The Balaban J connectivity index is 1.78. The minimum absolute atomic E-state index is 0.241. The van der Waals surface area contributed by atoms with E-state index in [1.807, 2.05) is 0 Å². The van der Waals surface area contributed by atoms with E-state index >= 15 is 0 Å². The number of carbonyl (C=O) groups excluding carboxylic acids is 2. The number of allylic oxidation sites excluding steroid dienone is 2. The van der Waals surface area contributed by atoms with Crippen LogP contribution in [0.3, 0.4) is 0 Å². The number of nitrogens with one attached hydrogen (secondary N) is 2. The Labute approximate surface area is 177 Å². The molecule has 1 aliphatic rings. The zero-order valence-electron chi connectivity index (χ0n) is 15.2. The Kier molecular flexibility index (Phi) is 6.56. The van der Waals surface area contributed by atoms with Crippen LogP contribution in [0, 0.1) is 11.8 Å². The lowest BCUT2D eigenvalue weighted by molar-refractivity contribution is -0.146. The molecular weight excluding hydrogens is 415 g/mol. The van der Waals surface area contributed by atoms with Crippen LogP contribution >= 0.6 is 23.2 Å². The van der Waals surface area contributed by atoms with E-state index in [1.54, 1.807) is 48.6 Å². The number of carboxylic acid groups (broad SMARTS) is 1. The van der Waals surface area contributed by atoms with Gasteiger partial charge in [-0.25, -0.2) is 0 Å². The number of carbonyl (C=O) groups is 3. The molecule has 3 rings (SSSR count). The first kappa shape index (κ1) is 20.9. The molecule has 0 radical (unpaired) electrons. The maximum absolute atomic E-state index is 12.7. The van der Waals surface area contributed by atoms with Crippen molar-refractivity contribution in [2.24, 2.45) is 11.8 Å².